The van der Waals surface area contributed by atoms with Crippen LogP contribution in [0.25, 0.3) is 0 Å². The van der Waals surface area contributed by atoms with Gasteiger partial charge in [0, 0.05) is 18.7 Å². The van der Waals surface area contributed by atoms with Crippen molar-refractivity contribution >= 4 is 17.7 Å². The van der Waals surface area contributed by atoms with E-state index < -0.39 is 0 Å². The van der Waals surface area contributed by atoms with E-state index in [1.54, 1.807) is 23.9 Å². The number of piperidine rings is 1. The predicted molar refractivity (Wildman–Crippen MR) is 85.7 cm³/mol. The van der Waals surface area contributed by atoms with Gasteiger partial charge >= 0.3 is 0 Å². The SMILES string of the molecule is CSCc1cc(F)ccc1CNC(=O)CC1CCNCC1. The first-order chi connectivity index (χ1) is 10.2. The van der Waals surface area contributed by atoms with Crippen LogP contribution in [0.5, 0.6) is 0 Å². The molecule has 0 spiro atoms. The zero-order chi connectivity index (χ0) is 15.1. The molecule has 1 saturated heterocycles. The maximum atomic E-state index is 13.3. The number of hydrogen-bond acceptors (Lipinski definition) is 3. The van der Waals surface area contributed by atoms with Crippen LogP contribution in [0.4, 0.5) is 4.39 Å². The molecule has 116 valence electrons. The van der Waals surface area contributed by atoms with Gasteiger partial charge in [-0.25, -0.2) is 4.39 Å². The molecule has 1 aromatic carbocycles. The van der Waals surface area contributed by atoms with E-state index in [1.807, 2.05) is 6.26 Å². The Kier molecular flexibility index (Phi) is 6.51. The normalized spacial score (nSPS) is 15.9. The van der Waals surface area contributed by atoms with Crippen LogP contribution in [0.3, 0.4) is 0 Å². The van der Waals surface area contributed by atoms with Crippen molar-refractivity contribution in [2.24, 2.45) is 5.92 Å². The van der Waals surface area contributed by atoms with Crippen LogP contribution in [-0.4, -0.2) is 25.3 Å². The molecule has 0 bridgehead atoms. The molecule has 1 aromatic rings. The number of halogens is 1. The summed E-state index contributed by atoms with van der Waals surface area (Å²) in [5.74, 6) is 1.13. The number of amides is 1. The summed E-state index contributed by atoms with van der Waals surface area (Å²) >= 11 is 1.65. The topological polar surface area (TPSA) is 41.1 Å². The molecule has 0 saturated carbocycles. The van der Waals surface area contributed by atoms with E-state index in [2.05, 4.69) is 10.6 Å². The Morgan fingerprint density at radius 3 is 2.86 bits per heavy atom. The second kappa shape index (κ2) is 8.39. The van der Waals surface area contributed by atoms with Crippen molar-refractivity contribution in [3.8, 4) is 0 Å². The van der Waals surface area contributed by atoms with Crippen molar-refractivity contribution in [3.63, 3.8) is 0 Å². The number of carbonyl (C=O) groups is 1. The van der Waals surface area contributed by atoms with E-state index in [0.29, 0.717) is 18.9 Å². The summed E-state index contributed by atoms with van der Waals surface area (Å²) in [5.41, 5.74) is 1.97. The molecule has 1 aliphatic heterocycles. The van der Waals surface area contributed by atoms with Crippen LogP contribution >= 0.6 is 11.8 Å². The number of hydrogen-bond donors (Lipinski definition) is 2. The van der Waals surface area contributed by atoms with Crippen LogP contribution in [0.2, 0.25) is 0 Å². The van der Waals surface area contributed by atoms with Crippen molar-refractivity contribution in [1.82, 2.24) is 10.6 Å². The second-order valence-electron chi connectivity index (χ2n) is 5.52. The quantitative estimate of drug-likeness (QED) is 0.849. The molecule has 0 radical (unpaired) electrons. The van der Waals surface area contributed by atoms with E-state index in [-0.39, 0.29) is 11.7 Å². The fourth-order valence-corrected chi connectivity index (χ4v) is 3.25. The smallest absolute Gasteiger partial charge is 0.220 e. The van der Waals surface area contributed by atoms with Crippen molar-refractivity contribution in [2.45, 2.75) is 31.6 Å². The Balaban J connectivity index is 1.85. The molecule has 21 heavy (non-hydrogen) atoms. The lowest BCUT2D eigenvalue weighted by atomic mass is 9.94. The maximum absolute atomic E-state index is 13.3. The highest BCUT2D eigenvalue weighted by atomic mass is 32.2. The highest BCUT2D eigenvalue weighted by Gasteiger charge is 2.16. The van der Waals surface area contributed by atoms with Gasteiger partial charge < -0.3 is 10.6 Å². The third-order valence-corrected chi connectivity index (χ3v) is 4.48. The summed E-state index contributed by atoms with van der Waals surface area (Å²) in [6.07, 6.45) is 4.73. The molecule has 1 aliphatic rings. The van der Waals surface area contributed by atoms with Crippen LogP contribution in [0.1, 0.15) is 30.4 Å². The number of rotatable bonds is 6. The lowest BCUT2D eigenvalue weighted by molar-refractivity contribution is -0.122. The Hall–Kier alpha value is -1.07. The van der Waals surface area contributed by atoms with Gasteiger partial charge in [-0.15, -0.1) is 0 Å². The van der Waals surface area contributed by atoms with E-state index >= 15 is 0 Å². The lowest BCUT2D eigenvalue weighted by Gasteiger charge is -2.22. The number of thioether (sulfide) groups is 1. The number of carbonyl (C=O) groups excluding carboxylic acids is 1. The van der Waals surface area contributed by atoms with Crippen LogP contribution in [0, 0.1) is 11.7 Å². The molecule has 1 fully saturated rings. The van der Waals surface area contributed by atoms with Crippen LogP contribution in [0.15, 0.2) is 18.2 Å². The minimum atomic E-state index is -0.219. The highest BCUT2D eigenvalue weighted by molar-refractivity contribution is 7.97. The molecule has 0 aromatic heterocycles. The Morgan fingerprint density at radius 1 is 1.38 bits per heavy atom. The predicted octanol–water partition coefficient (Wildman–Crippen LogP) is 2.69. The summed E-state index contributed by atoms with van der Waals surface area (Å²) in [4.78, 5) is 12.0. The highest BCUT2D eigenvalue weighted by Crippen LogP contribution is 2.18. The lowest BCUT2D eigenvalue weighted by Crippen LogP contribution is -2.32. The molecular formula is C16H23FN2OS. The van der Waals surface area contributed by atoms with Crippen molar-refractivity contribution in [1.29, 1.82) is 0 Å². The first-order valence-corrected chi connectivity index (χ1v) is 8.82. The molecular weight excluding hydrogens is 287 g/mol. The summed E-state index contributed by atoms with van der Waals surface area (Å²) < 4.78 is 13.3. The summed E-state index contributed by atoms with van der Waals surface area (Å²) in [7, 11) is 0. The van der Waals surface area contributed by atoms with Crippen molar-refractivity contribution in [3.05, 3.63) is 35.1 Å². The van der Waals surface area contributed by atoms with E-state index in [0.717, 1.165) is 42.8 Å². The van der Waals surface area contributed by atoms with E-state index in [9.17, 15) is 9.18 Å². The Morgan fingerprint density at radius 2 is 2.14 bits per heavy atom. The average molecular weight is 310 g/mol. The minimum absolute atomic E-state index is 0.0985. The molecule has 5 heteroatoms. The van der Waals surface area contributed by atoms with Gasteiger partial charge in [0.15, 0.2) is 0 Å². The molecule has 1 heterocycles. The van der Waals surface area contributed by atoms with Crippen LogP contribution in [-0.2, 0) is 17.1 Å². The van der Waals surface area contributed by atoms with Gasteiger partial charge in [-0.05, 0) is 61.4 Å². The summed E-state index contributed by atoms with van der Waals surface area (Å²) in [5, 5.41) is 6.28. The summed E-state index contributed by atoms with van der Waals surface area (Å²) in [6.45, 7) is 2.50. The van der Waals surface area contributed by atoms with Gasteiger partial charge in [0.05, 0.1) is 0 Å². The van der Waals surface area contributed by atoms with Gasteiger partial charge in [-0.3, -0.25) is 4.79 Å². The van der Waals surface area contributed by atoms with Gasteiger partial charge in [0.25, 0.3) is 0 Å². The van der Waals surface area contributed by atoms with Crippen molar-refractivity contribution < 1.29 is 9.18 Å². The van der Waals surface area contributed by atoms with Crippen LogP contribution < -0.4 is 10.6 Å². The van der Waals surface area contributed by atoms with E-state index in [1.165, 1.54) is 6.07 Å². The maximum Gasteiger partial charge on any atom is 0.220 e. The molecule has 1 amide bonds. The third-order valence-electron chi connectivity index (χ3n) is 3.88. The molecule has 0 atom stereocenters. The largest absolute Gasteiger partial charge is 0.352 e. The molecule has 0 unspecified atom stereocenters. The van der Waals surface area contributed by atoms with E-state index in [4.69, 9.17) is 0 Å². The number of nitrogens with one attached hydrogen (secondary N) is 2. The number of benzene rings is 1. The van der Waals surface area contributed by atoms with Gasteiger partial charge in [0.1, 0.15) is 5.82 Å². The first kappa shape index (κ1) is 16.3. The van der Waals surface area contributed by atoms with Gasteiger partial charge in [0.2, 0.25) is 5.91 Å². The Bertz CT molecular complexity index is 475. The zero-order valence-corrected chi connectivity index (χ0v) is 13.3. The summed E-state index contributed by atoms with van der Waals surface area (Å²) in [6, 6.07) is 4.79. The van der Waals surface area contributed by atoms with Crippen molar-refractivity contribution in [2.75, 3.05) is 19.3 Å². The monoisotopic (exact) mass is 310 g/mol. The third kappa shape index (κ3) is 5.32. The average Bonchev–Trinajstić information content (AvgIpc) is 2.48. The van der Waals surface area contributed by atoms with Gasteiger partial charge in [-0.1, -0.05) is 6.07 Å². The zero-order valence-electron chi connectivity index (χ0n) is 12.5. The molecule has 3 nitrogen and oxygen atoms in total. The fraction of sp³-hybridized carbons (Fsp3) is 0.562. The Labute approximate surface area is 130 Å². The standard InChI is InChI=1S/C16H23FN2OS/c1-21-11-14-9-15(17)3-2-13(14)10-19-16(20)8-12-4-6-18-7-5-12/h2-3,9,12,18H,4-8,10-11H2,1H3,(H,19,20). The fourth-order valence-electron chi connectivity index (χ4n) is 2.67. The first-order valence-electron chi connectivity index (χ1n) is 7.42. The molecule has 2 rings (SSSR count). The molecule has 0 aliphatic carbocycles. The molecule has 2 N–H and O–H groups in total. The van der Waals surface area contributed by atoms with Gasteiger partial charge in [-0.2, -0.15) is 11.8 Å². The minimum Gasteiger partial charge on any atom is -0.352 e. The second-order valence-corrected chi connectivity index (χ2v) is 6.39.